The Kier molecular flexibility index (Phi) is 4.77. The highest BCUT2D eigenvalue weighted by molar-refractivity contribution is 5.81. The SMILES string of the molecule is CCC(CC)NC(=O)[C@@H]1CC[C@H](C(=O)O)C1. The summed E-state index contributed by atoms with van der Waals surface area (Å²) < 4.78 is 0. The van der Waals surface area contributed by atoms with Crippen LogP contribution in [0.15, 0.2) is 0 Å². The molecule has 0 aromatic heterocycles. The molecule has 0 radical (unpaired) electrons. The lowest BCUT2D eigenvalue weighted by Gasteiger charge is -2.17. The second kappa shape index (κ2) is 5.87. The van der Waals surface area contributed by atoms with Gasteiger partial charge < -0.3 is 10.4 Å². The van der Waals surface area contributed by atoms with E-state index in [0.717, 1.165) is 12.8 Å². The second-order valence-electron chi connectivity index (χ2n) is 4.57. The molecule has 0 aliphatic heterocycles. The maximum Gasteiger partial charge on any atom is 0.306 e. The molecule has 2 atom stereocenters. The smallest absolute Gasteiger partial charge is 0.306 e. The van der Waals surface area contributed by atoms with E-state index in [9.17, 15) is 9.59 Å². The van der Waals surface area contributed by atoms with Gasteiger partial charge in [-0.15, -0.1) is 0 Å². The summed E-state index contributed by atoms with van der Waals surface area (Å²) in [4.78, 5) is 22.6. The van der Waals surface area contributed by atoms with Crippen molar-refractivity contribution in [2.75, 3.05) is 0 Å². The number of nitrogens with one attached hydrogen (secondary N) is 1. The van der Waals surface area contributed by atoms with Crippen LogP contribution in [0.2, 0.25) is 0 Å². The van der Waals surface area contributed by atoms with E-state index in [-0.39, 0.29) is 23.8 Å². The number of carboxylic acids is 1. The molecule has 0 bridgehead atoms. The summed E-state index contributed by atoms with van der Waals surface area (Å²) in [6.45, 7) is 4.09. The van der Waals surface area contributed by atoms with Gasteiger partial charge in [0.15, 0.2) is 0 Å². The number of amides is 1. The van der Waals surface area contributed by atoms with Crippen molar-refractivity contribution in [2.24, 2.45) is 11.8 Å². The van der Waals surface area contributed by atoms with Crippen LogP contribution in [0.3, 0.4) is 0 Å². The molecule has 0 unspecified atom stereocenters. The van der Waals surface area contributed by atoms with Crippen LogP contribution < -0.4 is 5.32 Å². The monoisotopic (exact) mass is 227 g/mol. The van der Waals surface area contributed by atoms with E-state index in [2.05, 4.69) is 5.32 Å². The topological polar surface area (TPSA) is 66.4 Å². The van der Waals surface area contributed by atoms with Crippen LogP contribution >= 0.6 is 0 Å². The van der Waals surface area contributed by atoms with Crippen LogP contribution in [0.4, 0.5) is 0 Å². The van der Waals surface area contributed by atoms with Gasteiger partial charge in [-0.1, -0.05) is 13.8 Å². The quantitative estimate of drug-likeness (QED) is 0.752. The second-order valence-corrected chi connectivity index (χ2v) is 4.57. The van der Waals surface area contributed by atoms with Crippen molar-refractivity contribution in [2.45, 2.75) is 52.0 Å². The number of rotatable bonds is 5. The Morgan fingerprint density at radius 3 is 2.25 bits per heavy atom. The van der Waals surface area contributed by atoms with Gasteiger partial charge in [-0.2, -0.15) is 0 Å². The van der Waals surface area contributed by atoms with Crippen molar-refractivity contribution in [3.8, 4) is 0 Å². The Balaban J connectivity index is 2.41. The third kappa shape index (κ3) is 3.22. The van der Waals surface area contributed by atoms with Gasteiger partial charge in [0.25, 0.3) is 0 Å². The van der Waals surface area contributed by atoms with E-state index in [4.69, 9.17) is 5.11 Å². The predicted octanol–water partition coefficient (Wildman–Crippen LogP) is 1.79. The van der Waals surface area contributed by atoms with Crippen molar-refractivity contribution in [1.82, 2.24) is 5.32 Å². The molecular formula is C12H21NO3. The lowest BCUT2D eigenvalue weighted by Crippen LogP contribution is -2.37. The third-order valence-electron chi connectivity index (χ3n) is 3.48. The summed E-state index contributed by atoms with van der Waals surface area (Å²) in [5.41, 5.74) is 0. The molecule has 4 nitrogen and oxygen atoms in total. The first-order chi connectivity index (χ1) is 7.58. The van der Waals surface area contributed by atoms with Gasteiger partial charge in [-0.25, -0.2) is 0 Å². The summed E-state index contributed by atoms with van der Waals surface area (Å²) >= 11 is 0. The van der Waals surface area contributed by atoms with E-state index in [1.807, 2.05) is 13.8 Å². The minimum atomic E-state index is -0.766. The molecule has 1 aliphatic carbocycles. The van der Waals surface area contributed by atoms with Crippen LogP contribution in [0.25, 0.3) is 0 Å². The normalized spacial score (nSPS) is 24.7. The van der Waals surface area contributed by atoms with Crippen LogP contribution in [-0.4, -0.2) is 23.0 Å². The molecule has 0 aromatic rings. The summed E-state index contributed by atoms with van der Waals surface area (Å²) in [5, 5.41) is 11.8. The van der Waals surface area contributed by atoms with Gasteiger partial charge in [0.1, 0.15) is 0 Å². The molecule has 0 saturated heterocycles. The van der Waals surface area contributed by atoms with Crippen molar-refractivity contribution in [3.63, 3.8) is 0 Å². The summed E-state index contributed by atoms with van der Waals surface area (Å²) in [5.74, 6) is -1.14. The molecule has 1 aliphatic rings. The molecule has 1 saturated carbocycles. The number of hydrogen-bond donors (Lipinski definition) is 2. The van der Waals surface area contributed by atoms with E-state index in [1.54, 1.807) is 0 Å². The minimum Gasteiger partial charge on any atom is -0.481 e. The molecule has 2 N–H and O–H groups in total. The van der Waals surface area contributed by atoms with Gasteiger partial charge in [0.2, 0.25) is 5.91 Å². The first-order valence-electron chi connectivity index (χ1n) is 6.11. The molecule has 1 amide bonds. The maximum atomic E-state index is 11.8. The molecule has 92 valence electrons. The van der Waals surface area contributed by atoms with E-state index >= 15 is 0 Å². The first-order valence-corrected chi connectivity index (χ1v) is 6.11. The fourth-order valence-corrected chi connectivity index (χ4v) is 2.26. The van der Waals surface area contributed by atoms with Gasteiger partial charge in [-0.3, -0.25) is 9.59 Å². The Hall–Kier alpha value is -1.06. The highest BCUT2D eigenvalue weighted by atomic mass is 16.4. The largest absolute Gasteiger partial charge is 0.481 e. The fraction of sp³-hybridized carbons (Fsp3) is 0.833. The molecule has 0 spiro atoms. The molecule has 0 aromatic carbocycles. The number of aliphatic carboxylic acids is 1. The number of hydrogen-bond acceptors (Lipinski definition) is 2. The van der Waals surface area contributed by atoms with E-state index < -0.39 is 5.97 Å². The van der Waals surface area contributed by atoms with Crippen molar-refractivity contribution < 1.29 is 14.7 Å². The summed E-state index contributed by atoms with van der Waals surface area (Å²) in [6, 6.07) is 0.233. The predicted molar refractivity (Wildman–Crippen MR) is 61.0 cm³/mol. The Morgan fingerprint density at radius 2 is 1.81 bits per heavy atom. The Morgan fingerprint density at radius 1 is 1.25 bits per heavy atom. The molecule has 4 heteroatoms. The first kappa shape index (κ1) is 13.0. The van der Waals surface area contributed by atoms with Crippen molar-refractivity contribution >= 4 is 11.9 Å². The lowest BCUT2D eigenvalue weighted by molar-refractivity contribution is -0.141. The highest BCUT2D eigenvalue weighted by Crippen LogP contribution is 2.31. The standard InChI is InChI=1S/C12H21NO3/c1-3-10(4-2)13-11(14)8-5-6-9(7-8)12(15)16/h8-10H,3-7H2,1-2H3,(H,13,14)(H,15,16)/t8-,9+/m1/s1. The minimum absolute atomic E-state index is 0.0393. The van der Waals surface area contributed by atoms with Gasteiger partial charge >= 0.3 is 5.97 Å². The van der Waals surface area contributed by atoms with Gasteiger partial charge in [-0.05, 0) is 32.1 Å². The average molecular weight is 227 g/mol. The maximum absolute atomic E-state index is 11.8. The van der Waals surface area contributed by atoms with Crippen LogP contribution in [0.1, 0.15) is 46.0 Å². The molecule has 0 heterocycles. The summed E-state index contributed by atoms with van der Waals surface area (Å²) in [7, 11) is 0. The number of carbonyl (C=O) groups excluding carboxylic acids is 1. The Bertz CT molecular complexity index is 261. The number of carbonyl (C=O) groups is 2. The zero-order valence-corrected chi connectivity index (χ0v) is 10.0. The summed E-state index contributed by atoms with van der Waals surface area (Å²) in [6.07, 6.45) is 3.70. The fourth-order valence-electron chi connectivity index (χ4n) is 2.26. The van der Waals surface area contributed by atoms with Crippen LogP contribution in [0.5, 0.6) is 0 Å². The highest BCUT2D eigenvalue weighted by Gasteiger charge is 2.34. The molecule has 1 fully saturated rings. The average Bonchev–Trinajstić information content (AvgIpc) is 2.74. The zero-order valence-electron chi connectivity index (χ0n) is 10.0. The van der Waals surface area contributed by atoms with E-state index in [1.165, 1.54) is 0 Å². The van der Waals surface area contributed by atoms with E-state index in [0.29, 0.717) is 19.3 Å². The lowest BCUT2D eigenvalue weighted by atomic mass is 10.0. The van der Waals surface area contributed by atoms with Crippen LogP contribution in [0, 0.1) is 11.8 Å². The third-order valence-corrected chi connectivity index (χ3v) is 3.48. The zero-order chi connectivity index (χ0) is 12.1. The molecule has 1 rings (SSSR count). The van der Waals surface area contributed by atoms with Crippen molar-refractivity contribution in [3.05, 3.63) is 0 Å². The molecular weight excluding hydrogens is 206 g/mol. The van der Waals surface area contributed by atoms with Crippen LogP contribution in [-0.2, 0) is 9.59 Å². The Labute approximate surface area is 96.4 Å². The number of carboxylic acid groups (broad SMARTS) is 1. The molecule has 16 heavy (non-hydrogen) atoms. The van der Waals surface area contributed by atoms with Gasteiger partial charge in [0, 0.05) is 12.0 Å². The van der Waals surface area contributed by atoms with Gasteiger partial charge in [0.05, 0.1) is 5.92 Å². The van der Waals surface area contributed by atoms with Crippen molar-refractivity contribution in [1.29, 1.82) is 0 Å².